The van der Waals surface area contributed by atoms with E-state index in [1.54, 1.807) is 17.4 Å². The SMILES string of the molecule is Nc1cc(-c2ccc3sc(C4CC4)nc3c2)no1. The van der Waals surface area contributed by atoms with E-state index in [4.69, 9.17) is 15.2 Å². The molecule has 0 saturated heterocycles. The normalized spacial score (nSPS) is 15.3. The molecular weight excluding hydrogens is 246 g/mol. The summed E-state index contributed by atoms with van der Waals surface area (Å²) in [6.45, 7) is 0. The van der Waals surface area contributed by atoms with Crippen LogP contribution >= 0.6 is 11.3 Å². The molecule has 1 aromatic carbocycles. The van der Waals surface area contributed by atoms with Crippen LogP contribution in [0.4, 0.5) is 5.88 Å². The van der Waals surface area contributed by atoms with E-state index in [2.05, 4.69) is 17.3 Å². The molecule has 5 heteroatoms. The number of hydrogen-bond donors (Lipinski definition) is 1. The summed E-state index contributed by atoms with van der Waals surface area (Å²) in [5.74, 6) is 1.04. The number of nitrogens with two attached hydrogens (primary N) is 1. The van der Waals surface area contributed by atoms with Gasteiger partial charge in [0.05, 0.1) is 15.2 Å². The monoisotopic (exact) mass is 257 g/mol. The van der Waals surface area contributed by atoms with Crippen LogP contribution in [0.2, 0.25) is 0 Å². The van der Waals surface area contributed by atoms with Gasteiger partial charge in [0.2, 0.25) is 5.88 Å². The van der Waals surface area contributed by atoms with Gasteiger partial charge in [0.15, 0.2) is 0 Å². The Balaban J connectivity index is 1.82. The van der Waals surface area contributed by atoms with Crippen molar-refractivity contribution < 1.29 is 4.52 Å². The van der Waals surface area contributed by atoms with Crippen LogP contribution in [0.5, 0.6) is 0 Å². The maximum Gasteiger partial charge on any atom is 0.222 e. The van der Waals surface area contributed by atoms with E-state index in [9.17, 15) is 0 Å². The Hall–Kier alpha value is -1.88. The summed E-state index contributed by atoms with van der Waals surface area (Å²) >= 11 is 1.80. The van der Waals surface area contributed by atoms with Gasteiger partial charge in [-0.05, 0) is 25.0 Å². The molecule has 3 aromatic rings. The highest BCUT2D eigenvalue weighted by atomic mass is 32.1. The Bertz CT molecular complexity index is 727. The van der Waals surface area contributed by atoms with Crippen molar-refractivity contribution in [3.05, 3.63) is 29.3 Å². The molecule has 1 aliphatic rings. The topological polar surface area (TPSA) is 64.9 Å². The molecule has 90 valence electrons. The number of benzene rings is 1. The third kappa shape index (κ3) is 1.59. The van der Waals surface area contributed by atoms with Crippen molar-refractivity contribution in [2.24, 2.45) is 0 Å². The van der Waals surface area contributed by atoms with Gasteiger partial charge in [-0.15, -0.1) is 11.3 Å². The molecule has 0 amide bonds. The van der Waals surface area contributed by atoms with Crippen molar-refractivity contribution in [1.82, 2.24) is 10.1 Å². The second kappa shape index (κ2) is 3.55. The van der Waals surface area contributed by atoms with E-state index in [0.29, 0.717) is 11.8 Å². The summed E-state index contributed by atoms with van der Waals surface area (Å²) in [5, 5.41) is 5.19. The Morgan fingerprint density at radius 3 is 2.89 bits per heavy atom. The molecule has 2 heterocycles. The Kier molecular flexibility index (Phi) is 1.99. The van der Waals surface area contributed by atoms with Crippen LogP contribution in [0.1, 0.15) is 23.8 Å². The first-order chi connectivity index (χ1) is 8.79. The summed E-state index contributed by atoms with van der Waals surface area (Å²) < 4.78 is 6.13. The standard InChI is InChI=1S/C13H11N3OS/c14-12-6-9(16-17-12)8-3-4-11-10(5-8)15-13(18-11)7-1-2-7/h3-7H,1-2,14H2. The number of thiazole rings is 1. The van der Waals surface area contributed by atoms with Crippen molar-refractivity contribution in [2.75, 3.05) is 5.73 Å². The number of nitrogens with zero attached hydrogens (tertiary/aromatic N) is 2. The quantitative estimate of drug-likeness (QED) is 0.764. The molecule has 1 saturated carbocycles. The van der Waals surface area contributed by atoms with Gasteiger partial charge < -0.3 is 10.3 Å². The van der Waals surface area contributed by atoms with Gasteiger partial charge in [0.1, 0.15) is 5.69 Å². The molecule has 18 heavy (non-hydrogen) atoms. The molecule has 0 aliphatic heterocycles. The van der Waals surface area contributed by atoms with E-state index in [1.165, 1.54) is 22.5 Å². The molecular formula is C13H11N3OS. The van der Waals surface area contributed by atoms with Crippen LogP contribution in [0.15, 0.2) is 28.8 Å². The fourth-order valence-corrected chi connectivity index (χ4v) is 3.15. The minimum absolute atomic E-state index is 0.335. The molecule has 0 radical (unpaired) electrons. The first-order valence-corrected chi connectivity index (χ1v) is 6.74. The third-order valence-corrected chi connectivity index (χ3v) is 4.35. The van der Waals surface area contributed by atoms with Crippen LogP contribution in [-0.2, 0) is 0 Å². The van der Waals surface area contributed by atoms with Crippen molar-refractivity contribution in [1.29, 1.82) is 0 Å². The molecule has 0 spiro atoms. The molecule has 2 aromatic heterocycles. The molecule has 1 aliphatic carbocycles. The van der Waals surface area contributed by atoms with E-state index >= 15 is 0 Å². The van der Waals surface area contributed by atoms with Crippen LogP contribution in [0.25, 0.3) is 21.5 Å². The number of hydrogen-bond acceptors (Lipinski definition) is 5. The van der Waals surface area contributed by atoms with E-state index in [-0.39, 0.29) is 0 Å². The maximum atomic E-state index is 5.54. The molecule has 0 atom stereocenters. The van der Waals surface area contributed by atoms with Gasteiger partial charge in [0, 0.05) is 17.5 Å². The summed E-state index contributed by atoms with van der Waals surface area (Å²) in [4.78, 5) is 4.70. The number of rotatable bonds is 2. The van der Waals surface area contributed by atoms with Gasteiger partial charge in [-0.1, -0.05) is 11.2 Å². The predicted molar refractivity (Wildman–Crippen MR) is 71.5 cm³/mol. The summed E-state index contributed by atoms with van der Waals surface area (Å²) in [5.41, 5.74) is 8.34. The van der Waals surface area contributed by atoms with Crippen molar-refractivity contribution in [3.63, 3.8) is 0 Å². The number of aromatic nitrogens is 2. The zero-order valence-corrected chi connectivity index (χ0v) is 10.4. The van der Waals surface area contributed by atoms with Crippen LogP contribution in [-0.4, -0.2) is 10.1 Å². The highest BCUT2D eigenvalue weighted by molar-refractivity contribution is 7.18. The lowest BCUT2D eigenvalue weighted by Crippen LogP contribution is -1.78. The zero-order valence-electron chi connectivity index (χ0n) is 9.59. The van der Waals surface area contributed by atoms with Gasteiger partial charge in [-0.2, -0.15) is 0 Å². The lowest BCUT2D eigenvalue weighted by Gasteiger charge is -1.94. The van der Waals surface area contributed by atoms with Crippen molar-refractivity contribution in [2.45, 2.75) is 18.8 Å². The number of nitrogen functional groups attached to an aromatic ring is 1. The van der Waals surface area contributed by atoms with Gasteiger partial charge in [-0.25, -0.2) is 4.98 Å². The molecule has 0 unspecified atom stereocenters. The predicted octanol–water partition coefficient (Wildman–Crippen LogP) is 3.41. The van der Waals surface area contributed by atoms with Gasteiger partial charge in [0.25, 0.3) is 0 Å². The molecule has 0 bridgehead atoms. The van der Waals surface area contributed by atoms with Crippen molar-refractivity contribution in [3.8, 4) is 11.3 Å². The minimum Gasteiger partial charge on any atom is -0.368 e. The first kappa shape index (κ1) is 10.1. The van der Waals surface area contributed by atoms with Crippen molar-refractivity contribution >= 4 is 27.4 Å². The molecule has 4 rings (SSSR count). The molecule has 1 fully saturated rings. The van der Waals surface area contributed by atoms with E-state index < -0.39 is 0 Å². The second-order valence-electron chi connectivity index (χ2n) is 4.62. The lowest BCUT2D eigenvalue weighted by molar-refractivity contribution is 0.439. The second-order valence-corrected chi connectivity index (χ2v) is 5.69. The smallest absolute Gasteiger partial charge is 0.222 e. The van der Waals surface area contributed by atoms with Gasteiger partial charge >= 0.3 is 0 Å². The first-order valence-electron chi connectivity index (χ1n) is 5.92. The summed E-state index contributed by atoms with van der Waals surface area (Å²) in [6, 6.07) is 7.91. The minimum atomic E-state index is 0.335. The Labute approximate surface area is 107 Å². The van der Waals surface area contributed by atoms with Crippen LogP contribution in [0.3, 0.4) is 0 Å². The fraction of sp³-hybridized carbons (Fsp3) is 0.231. The average Bonchev–Trinajstić information content (AvgIpc) is 2.99. The Morgan fingerprint density at radius 2 is 2.17 bits per heavy atom. The maximum absolute atomic E-state index is 5.54. The van der Waals surface area contributed by atoms with E-state index in [1.807, 2.05) is 6.07 Å². The lowest BCUT2D eigenvalue weighted by atomic mass is 10.1. The van der Waals surface area contributed by atoms with E-state index in [0.717, 1.165) is 16.8 Å². The molecule has 4 nitrogen and oxygen atoms in total. The number of fused-ring (bicyclic) bond motifs is 1. The van der Waals surface area contributed by atoms with Crippen LogP contribution < -0.4 is 5.73 Å². The largest absolute Gasteiger partial charge is 0.368 e. The average molecular weight is 257 g/mol. The number of anilines is 1. The summed E-state index contributed by atoms with van der Waals surface area (Å²) in [6.07, 6.45) is 2.57. The van der Waals surface area contributed by atoms with Crippen LogP contribution in [0, 0.1) is 0 Å². The Morgan fingerprint density at radius 1 is 1.28 bits per heavy atom. The zero-order chi connectivity index (χ0) is 12.1. The third-order valence-electron chi connectivity index (χ3n) is 3.15. The molecule has 2 N–H and O–H groups in total. The highest BCUT2D eigenvalue weighted by Crippen LogP contribution is 2.43. The fourth-order valence-electron chi connectivity index (χ4n) is 2.03. The van der Waals surface area contributed by atoms with Gasteiger partial charge in [-0.3, -0.25) is 0 Å². The highest BCUT2D eigenvalue weighted by Gasteiger charge is 2.27. The summed E-state index contributed by atoms with van der Waals surface area (Å²) in [7, 11) is 0.